The average Bonchev–Trinajstić information content (AvgIpc) is 2.83. The molecule has 3 heteroatoms. The van der Waals surface area contributed by atoms with E-state index in [0.29, 0.717) is 11.3 Å². The number of fused-ring (bicyclic) bond motifs is 1. The molecule has 0 radical (unpaired) electrons. The van der Waals surface area contributed by atoms with Gasteiger partial charge in [0.25, 0.3) is 0 Å². The number of carbonyl (C=O) groups is 1. The molecule has 0 saturated heterocycles. The monoisotopic (exact) mass is 438 g/mol. The highest BCUT2D eigenvalue weighted by Crippen LogP contribution is 2.40. The molecule has 0 aliphatic rings. The molecule has 0 unspecified atom stereocenters. The fourth-order valence-electron chi connectivity index (χ4n) is 4.33. The molecule has 0 heterocycles. The second kappa shape index (κ2) is 9.50. The first-order valence-corrected chi connectivity index (χ1v) is 11.4. The van der Waals surface area contributed by atoms with Gasteiger partial charge in [0.05, 0.1) is 12.7 Å². The van der Waals surface area contributed by atoms with Gasteiger partial charge in [0, 0.05) is 11.1 Å². The van der Waals surface area contributed by atoms with Crippen molar-refractivity contribution < 1.29 is 14.3 Å². The molecule has 168 valence electrons. The van der Waals surface area contributed by atoms with Crippen molar-refractivity contribution >= 4 is 16.7 Å². The van der Waals surface area contributed by atoms with E-state index >= 15 is 0 Å². The minimum atomic E-state index is -0.365. The third-order valence-electron chi connectivity index (χ3n) is 6.04. The van der Waals surface area contributed by atoms with Gasteiger partial charge in [-0.3, -0.25) is 0 Å². The Balaban J connectivity index is 1.86. The summed E-state index contributed by atoms with van der Waals surface area (Å²) in [4.78, 5) is 13.6. The zero-order valence-electron chi connectivity index (χ0n) is 19.9. The van der Waals surface area contributed by atoms with Gasteiger partial charge in [0.15, 0.2) is 0 Å². The fraction of sp³-hybridized carbons (Fsp3) is 0.233. The van der Waals surface area contributed by atoms with Crippen LogP contribution in [0.1, 0.15) is 61.0 Å². The molecule has 0 N–H and O–H groups in total. The SMILES string of the molecule is COc1ccc2ccccc2c1-c1ccccc1C(=O)Oc1c(C(C)C)cccc1C(C)C. The van der Waals surface area contributed by atoms with E-state index in [-0.39, 0.29) is 17.8 Å². The second-order valence-electron chi connectivity index (χ2n) is 8.87. The number of carbonyl (C=O) groups excluding carboxylic acids is 1. The van der Waals surface area contributed by atoms with Crippen LogP contribution in [0, 0.1) is 0 Å². The minimum Gasteiger partial charge on any atom is -0.496 e. The summed E-state index contributed by atoms with van der Waals surface area (Å²) in [6.07, 6.45) is 0. The molecule has 0 aliphatic carbocycles. The smallest absolute Gasteiger partial charge is 0.344 e. The minimum absolute atomic E-state index is 0.236. The number of ether oxygens (including phenoxy) is 2. The number of methoxy groups -OCH3 is 1. The van der Waals surface area contributed by atoms with Gasteiger partial charge < -0.3 is 9.47 Å². The molecule has 33 heavy (non-hydrogen) atoms. The van der Waals surface area contributed by atoms with E-state index in [1.807, 2.05) is 66.7 Å². The van der Waals surface area contributed by atoms with Crippen LogP contribution in [0.25, 0.3) is 21.9 Å². The van der Waals surface area contributed by atoms with Crippen LogP contribution in [0.4, 0.5) is 0 Å². The second-order valence-corrected chi connectivity index (χ2v) is 8.87. The maximum absolute atomic E-state index is 13.6. The molecule has 0 atom stereocenters. The van der Waals surface area contributed by atoms with Crippen molar-refractivity contribution in [3.8, 4) is 22.6 Å². The number of esters is 1. The molecule has 0 fully saturated rings. The zero-order chi connectivity index (χ0) is 23.5. The number of rotatable bonds is 6. The third kappa shape index (κ3) is 4.36. The van der Waals surface area contributed by atoms with E-state index in [4.69, 9.17) is 9.47 Å². The Morgan fingerprint density at radius 2 is 1.36 bits per heavy atom. The molecule has 0 amide bonds. The standard InChI is InChI=1S/C30H30O3/c1-19(2)22-15-10-16-23(20(3)4)29(22)33-30(31)26-14-9-8-13-25(26)28-24-12-7-6-11-21(24)17-18-27(28)32-5/h6-20H,1-5H3. The molecular weight excluding hydrogens is 408 g/mol. The van der Waals surface area contributed by atoms with Crippen molar-refractivity contribution in [2.45, 2.75) is 39.5 Å². The molecule has 0 aliphatic heterocycles. The summed E-state index contributed by atoms with van der Waals surface area (Å²) in [5.41, 5.74) is 4.28. The zero-order valence-corrected chi connectivity index (χ0v) is 19.9. The van der Waals surface area contributed by atoms with E-state index in [1.54, 1.807) is 7.11 Å². The van der Waals surface area contributed by atoms with E-state index in [0.717, 1.165) is 38.8 Å². The topological polar surface area (TPSA) is 35.5 Å². The Morgan fingerprint density at radius 3 is 2.03 bits per heavy atom. The van der Waals surface area contributed by atoms with E-state index in [2.05, 4.69) is 39.8 Å². The van der Waals surface area contributed by atoms with Crippen molar-refractivity contribution in [2.24, 2.45) is 0 Å². The summed E-state index contributed by atoms with van der Waals surface area (Å²) < 4.78 is 11.9. The van der Waals surface area contributed by atoms with E-state index < -0.39 is 0 Å². The lowest BCUT2D eigenvalue weighted by Crippen LogP contribution is -2.14. The third-order valence-corrected chi connectivity index (χ3v) is 6.04. The largest absolute Gasteiger partial charge is 0.496 e. The van der Waals surface area contributed by atoms with Crippen molar-refractivity contribution in [2.75, 3.05) is 7.11 Å². The van der Waals surface area contributed by atoms with Gasteiger partial charge in [-0.15, -0.1) is 0 Å². The van der Waals surface area contributed by atoms with Crippen LogP contribution in [0.15, 0.2) is 78.9 Å². The summed E-state index contributed by atoms with van der Waals surface area (Å²) in [6, 6.07) is 25.8. The van der Waals surface area contributed by atoms with Crippen LogP contribution >= 0.6 is 0 Å². The summed E-state index contributed by atoms with van der Waals surface area (Å²) in [6.45, 7) is 8.47. The summed E-state index contributed by atoms with van der Waals surface area (Å²) in [7, 11) is 1.66. The molecule has 0 spiro atoms. The van der Waals surface area contributed by atoms with Crippen LogP contribution in [-0.4, -0.2) is 13.1 Å². The number of hydrogen-bond acceptors (Lipinski definition) is 3. The lowest BCUT2D eigenvalue weighted by molar-refractivity contribution is 0.0731. The van der Waals surface area contributed by atoms with Gasteiger partial charge in [-0.1, -0.05) is 94.4 Å². The first-order valence-electron chi connectivity index (χ1n) is 11.4. The Kier molecular flexibility index (Phi) is 6.50. The van der Waals surface area contributed by atoms with Crippen LogP contribution in [0.3, 0.4) is 0 Å². The maximum atomic E-state index is 13.6. The van der Waals surface area contributed by atoms with Gasteiger partial charge in [0.2, 0.25) is 0 Å². The molecule has 4 rings (SSSR count). The predicted octanol–water partition coefficient (Wildman–Crippen LogP) is 7.98. The maximum Gasteiger partial charge on any atom is 0.344 e. The average molecular weight is 439 g/mol. The summed E-state index contributed by atoms with van der Waals surface area (Å²) in [5, 5.41) is 2.12. The molecule has 0 aromatic heterocycles. The van der Waals surface area contributed by atoms with E-state index in [1.165, 1.54) is 0 Å². The van der Waals surface area contributed by atoms with Crippen molar-refractivity contribution in [1.82, 2.24) is 0 Å². The predicted molar refractivity (Wildman–Crippen MR) is 136 cm³/mol. The molecule has 4 aromatic carbocycles. The molecule has 4 aromatic rings. The number of hydrogen-bond donors (Lipinski definition) is 0. The molecular formula is C30H30O3. The van der Waals surface area contributed by atoms with Crippen LogP contribution in [-0.2, 0) is 0 Å². The molecule has 0 bridgehead atoms. The number of benzene rings is 4. The summed E-state index contributed by atoms with van der Waals surface area (Å²) >= 11 is 0. The number of para-hydroxylation sites is 1. The van der Waals surface area contributed by atoms with Crippen molar-refractivity contribution in [3.05, 3.63) is 95.6 Å². The van der Waals surface area contributed by atoms with Gasteiger partial charge in [-0.05, 0) is 45.9 Å². The quantitative estimate of drug-likeness (QED) is 0.226. The highest BCUT2D eigenvalue weighted by Gasteiger charge is 2.23. The van der Waals surface area contributed by atoms with Gasteiger partial charge in [-0.25, -0.2) is 4.79 Å². The van der Waals surface area contributed by atoms with Gasteiger partial charge >= 0.3 is 5.97 Å². The van der Waals surface area contributed by atoms with Crippen molar-refractivity contribution in [3.63, 3.8) is 0 Å². The van der Waals surface area contributed by atoms with Crippen LogP contribution in [0.5, 0.6) is 11.5 Å². The Labute approximate surface area is 196 Å². The summed E-state index contributed by atoms with van der Waals surface area (Å²) in [5.74, 6) is 1.50. The molecule has 3 nitrogen and oxygen atoms in total. The Morgan fingerprint density at radius 1 is 0.727 bits per heavy atom. The van der Waals surface area contributed by atoms with E-state index in [9.17, 15) is 4.79 Å². The fourth-order valence-corrected chi connectivity index (χ4v) is 4.33. The van der Waals surface area contributed by atoms with Gasteiger partial charge in [-0.2, -0.15) is 0 Å². The first-order chi connectivity index (χ1) is 15.9. The normalized spacial score (nSPS) is 11.2. The van der Waals surface area contributed by atoms with Crippen LogP contribution < -0.4 is 9.47 Å². The first kappa shape index (κ1) is 22.6. The highest BCUT2D eigenvalue weighted by molar-refractivity contribution is 6.06. The van der Waals surface area contributed by atoms with Crippen molar-refractivity contribution in [1.29, 1.82) is 0 Å². The lowest BCUT2D eigenvalue weighted by Gasteiger charge is -2.20. The Bertz CT molecular complexity index is 1270. The van der Waals surface area contributed by atoms with Crippen LogP contribution in [0.2, 0.25) is 0 Å². The lowest BCUT2D eigenvalue weighted by atomic mass is 9.93. The highest BCUT2D eigenvalue weighted by atomic mass is 16.5. The van der Waals surface area contributed by atoms with Gasteiger partial charge in [0.1, 0.15) is 11.5 Å². The molecule has 0 saturated carbocycles. The Hall–Kier alpha value is -3.59.